The third kappa shape index (κ3) is 3.53. The van der Waals surface area contributed by atoms with Gasteiger partial charge in [0.1, 0.15) is 0 Å². The van der Waals surface area contributed by atoms with Crippen LogP contribution in [0, 0.1) is 0 Å². The fourth-order valence-corrected chi connectivity index (χ4v) is 1.90. The summed E-state index contributed by atoms with van der Waals surface area (Å²) in [6.45, 7) is 0. The fourth-order valence-electron chi connectivity index (χ4n) is 1.90. The molecule has 0 saturated heterocycles. The van der Waals surface area contributed by atoms with Crippen LogP contribution in [-0.2, 0) is 4.74 Å². The first-order valence-corrected chi connectivity index (χ1v) is 5.58. The van der Waals surface area contributed by atoms with E-state index in [1.165, 1.54) is 32.1 Å². The highest BCUT2D eigenvalue weighted by Gasteiger charge is 2.15. The van der Waals surface area contributed by atoms with Gasteiger partial charge in [0.15, 0.2) is 5.84 Å². The Kier molecular flexibility index (Phi) is 5.15. The summed E-state index contributed by atoms with van der Waals surface area (Å²) >= 11 is 0. The molecule has 0 amide bonds. The van der Waals surface area contributed by atoms with E-state index < -0.39 is 0 Å². The van der Waals surface area contributed by atoms with Crippen molar-refractivity contribution >= 4 is 11.7 Å². The van der Waals surface area contributed by atoms with Crippen molar-refractivity contribution in [2.24, 2.45) is 9.98 Å². The van der Waals surface area contributed by atoms with Crippen LogP contribution in [0.1, 0.15) is 32.1 Å². The topological polar surface area (TPSA) is 46.0 Å². The van der Waals surface area contributed by atoms with Gasteiger partial charge >= 0.3 is 0 Å². The van der Waals surface area contributed by atoms with Crippen molar-refractivity contribution in [2.75, 3.05) is 21.2 Å². The van der Waals surface area contributed by atoms with E-state index in [0.717, 1.165) is 5.84 Å². The second kappa shape index (κ2) is 6.43. The molecular weight excluding hydrogens is 190 g/mol. The third-order valence-electron chi connectivity index (χ3n) is 2.73. The Bertz CT molecular complexity index is 242. The van der Waals surface area contributed by atoms with Gasteiger partial charge in [-0.05, 0) is 12.8 Å². The molecule has 4 nitrogen and oxygen atoms in total. The molecule has 4 heteroatoms. The molecule has 0 heterocycles. The SMILES string of the molecule is CN=C(NC)C(=NC1CCCCC1)OC. The second-order valence-corrected chi connectivity index (χ2v) is 3.75. The van der Waals surface area contributed by atoms with Gasteiger partial charge in [-0.2, -0.15) is 0 Å². The minimum Gasteiger partial charge on any atom is -0.479 e. The summed E-state index contributed by atoms with van der Waals surface area (Å²) in [7, 11) is 5.21. The Labute approximate surface area is 91.8 Å². The van der Waals surface area contributed by atoms with Crippen LogP contribution in [0.4, 0.5) is 0 Å². The molecule has 0 aromatic heterocycles. The molecule has 0 spiro atoms. The van der Waals surface area contributed by atoms with E-state index in [4.69, 9.17) is 4.74 Å². The molecule has 86 valence electrons. The van der Waals surface area contributed by atoms with Gasteiger partial charge in [-0.3, -0.25) is 4.99 Å². The van der Waals surface area contributed by atoms with E-state index in [0.29, 0.717) is 11.9 Å². The maximum absolute atomic E-state index is 5.25. The maximum atomic E-state index is 5.25. The first-order chi connectivity index (χ1) is 7.31. The molecule has 1 aliphatic rings. The van der Waals surface area contributed by atoms with Crippen LogP contribution in [-0.4, -0.2) is 39.0 Å². The summed E-state index contributed by atoms with van der Waals surface area (Å²) in [5, 5.41) is 2.99. The molecule has 1 aliphatic carbocycles. The summed E-state index contributed by atoms with van der Waals surface area (Å²) in [5.41, 5.74) is 0. The van der Waals surface area contributed by atoms with E-state index in [1.54, 1.807) is 14.2 Å². The molecule has 1 saturated carbocycles. The first-order valence-electron chi connectivity index (χ1n) is 5.58. The van der Waals surface area contributed by atoms with Crippen LogP contribution in [0.3, 0.4) is 0 Å². The number of aliphatic imine (C=N–C) groups is 2. The summed E-state index contributed by atoms with van der Waals surface area (Å²) in [5.74, 6) is 1.36. The first kappa shape index (κ1) is 12.0. The van der Waals surface area contributed by atoms with Crippen molar-refractivity contribution in [3.8, 4) is 0 Å². The zero-order chi connectivity index (χ0) is 11.1. The quantitative estimate of drug-likeness (QED) is 0.529. The zero-order valence-electron chi connectivity index (χ0n) is 9.92. The lowest BCUT2D eigenvalue weighted by molar-refractivity contribution is 0.388. The number of rotatable bonds is 1. The van der Waals surface area contributed by atoms with Crippen molar-refractivity contribution in [3.05, 3.63) is 0 Å². The monoisotopic (exact) mass is 211 g/mol. The van der Waals surface area contributed by atoms with Gasteiger partial charge in [0, 0.05) is 14.1 Å². The van der Waals surface area contributed by atoms with Gasteiger partial charge in [-0.25, -0.2) is 4.99 Å². The molecule has 0 aliphatic heterocycles. The average molecular weight is 211 g/mol. The second-order valence-electron chi connectivity index (χ2n) is 3.75. The highest BCUT2D eigenvalue weighted by molar-refractivity contribution is 6.37. The standard InChI is InChI=1S/C11H21N3O/c1-12-10(13-2)11(15-3)14-9-7-5-4-6-8-9/h9H,4-8H2,1-3H3,(H,12,13). The van der Waals surface area contributed by atoms with E-state index in [1.807, 2.05) is 7.05 Å². The number of hydrogen-bond acceptors (Lipinski definition) is 3. The number of likely N-dealkylation sites (N-methyl/N-ethyl adjacent to an activating group) is 1. The van der Waals surface area contributed by atoms with Gasteiger partial charge in [0.25, 0.3) is 5.90 Å². The smallest absolute Gasteiger partial charge is 0.252 e. The summed E-state index contributed by atoms with van der Waals surface area (Å²) in [6, 6.07) is 0.416. The lowest BCUT2D eigenvalue weighted by Crippen LogP contribution is -2.30. The fraction of sp³-hybridized carbons (Fsp3) is 0.818. The van der Waals surface area contributed by atoms with Gasteiger partial charge in [0.05, 0.1) is 13.2 Å². The predicted octanol–water partition coefficient (Wildman–Crippen LogP) is 1.61. The van der Waals surface area contributed by atoms with Crippen LogP contribution in [0.5, 0.6) is 0 Å². The minimum absolute atomic E-state index is 0.416. The Hall–Kier alpha value is -1.06. The molecule has 0 atom stereocenters. The Morgan fingerprint density at radius 2 is 1.93 bits per heavy atom. The van der Waals surface area contributed by atoms with E-state index in [2.05, 4.69) is 15.3 Å². The number of amidine groups is 1. The molecule has 0 bridgehead atoms. The van der Waals surface area contributed by atoms with E-state index >= 15 is 0 Å². The molecule has 0 unspecified atom stereocenters. The summed E-state index contributed by atoms with van der Waals surface area (Å²) in [6.07, 6.45) is 6.25. The van der Waals surface area contributed by atoms with E-state index in [9.17, 15) is 0 Å². The van der Waals surface area contributed by atoms with Crippen molar-refractivity contribution in [3.63, 3.8) is 0 Å². The van der Waals surface area contributed by atoms with Crippen LogP contribution >= 0.6 is 0 Å². The predicted molar refractivity (Wildman–Crippen MR) is 63.7 cm³/mol. The van der Waals surface area contributed by atoms with Crippen LogP contribution in [0.15, 0.2) is 9.98 Å². The molecule has 1 rings (SSSR count). The van der Waals surface area contributed by atoms with Gasteiger partial charge in [0.2, 0.25) is 0 Å². The Morgan fingerprint density at radius 1 is 1.27 bits per heavy atom. The lowest BCUT2D eigenvalue weighted by atomic mass is 9.96. The molecule has 0 radical (unpaired) electrons. The molecule has 15 heavy (non-hydrogen) atoms. The summed E-state index contributed by atoms with van der Waals surface area (Å²) in [4.78, 5) is 8.69. The molecular formula is C11H21N3O. The van der Waals surface area contributed by atoms with Crippen LogP contribution < -0.4 is 5.32 Å². The molecule has 1 fully saturated rings. The lowest BCUT2D eigenvalue weighted by Gasteiger charge is -2.19. The number of nitrogens with one attached hydrogen (secondary N) is 1. The van der Waals surface area contributed by atoms with Crippen molar-refractivity contribution in [2.45, 2.75) is 38.1 Å². The number of methoxy groups -OCH3 is 1. The normalized spacial score (nSPS) is 20.2. The van der Waals surface area contributed by atoms with Crippen molar-refractivity contribution < 1.29 is 4.74 Å². The zero-order valence-corrected chi connectivity index (χ0v) is 9.92. The molecule has 0 aromatic rings. The van der Waals surface area contributed by atoms with E-state index in [-0.39, 0.29) is 0 Å². The molecule has 0 aromatic carbocycles. The minimum atomic E-state index is 0.416. The van der Waals surface area contributed by atoms with Gasteiger partial charge in [-0.15, -0.1) is 0 Å². The van der Waals surface area contributed by atoms with Gasteiger partial charge < -0.3 is 10.1 Å². The Balaban J connectivity index is 2.66. The number of hydrogen-bond donors (Lipinski definition) is 1. The Morgan fingerprint density at radius 3 is 2.40 bits per heavy atom. The van der Waals surface area contributed by atoms with Crippen LogP contribution in [0.2, 0.25) is 0 Å². The highest BCUT2D eigenvalue weighted by atomic mass is 16.5. The molecule has 1 N–H and O–H groups in total. The average Bonchev–Trinajstić information content (AvgIpc) is 2.30. The number of ether oxygens (including phenoxy) is 1. The van der Waals surface area contributed by atoms with Crippen molar-refractivity contribution in [1.82, 2.24) is 5.32 Å². The maximum Gasteiger partial charge on any atom is 0.252 e. The largest absolute Gasteiger partial charge is 0.479 e. The third-order valence-corrected chi connectivity index (χ3v) is 2.73. The van der Waals surface area contributed by atoms with Crippen molar-refractivity contribution in [1.29, 1.82) is 0 Å². The number of nitrogens with zero attached hydrogens (tertiary/aromatic N) is 2. The van der Waals surface area contributed by atoms with Crippen LogP contribution in [0.25, 0.3) is 0 Å². The highest BCUT2D eigenvalue weighted by Crippen LogP contribution is 2.20. The summed E-state index contributed by atoms with van der Waals surface area (Å²) < 4.78 is 5.25. The van der Waals surface area contributed by atoms with Gasteiger partial charge in [-0.1, -0.05) is 19.3 Å².